The van der Waals surface area contributed by atoms with E-state index in [1.165, 1.54) is 0 Å². The van der Waals surface area contributed by atoms with Crippen LogP contribution in [0.5, 0.6) is 0 Å². The van der Waals surface area contributed by atoms with E-state index >= 15 is 0 Å². The molecule has 25 heavy (non-hydrogen) atoms. The van der Waals surface area contributed by atoms with Crippen molar-refractivity contribution in [1.29, 1.82) is 0 Å². The van der Waals surface area contributed by atoms with E-state index in [-0.39, 0.29) is 25.9 Å². The molecule has 1 fully saturated rings. The summed E-state index contributed by atoms with van der Waals surface area (Å²) in [5.74, 6) is -1.99. The number of rotatable bonds is 9. The van der Waals surface area contributed by atoms with E-state index < -0.39 is 48.4 Å². The number of aliphatic carboxylic acids is 2. The topological polar surface area (TPSA) is 154 Å². The van der Waals surface area contributed by atoms with E-state index in [0.29, 0.717) is 0 Å². The molecule has 0 aliphatic heterocycles. The zero-order valence-corrected chi connectivity index (χ0v) is 14.7. The minimum absolute atomic E-state index is 0.117. The Kier molecular flexibility index (Phi) is 8.19. The van der Waals surface area contributed by atoms with Gasteiger partial charge in [-0.3, -0.25) is 19.4 Å². The van der Waals surface area contributed by atoms with Gasteiger partial charge in [0.1, 0.15) is 0 Å². The zero-order chi connectivity index (χ0) is 19.3. The molecule has 1 rings (SSSR count). The minimum Gasteiger partial charge on any atom is -0.481 e. The summed E-state index contributed by atoms with van der Waals surface area (Å²) in [6.07, 6.45) is -3.75. The number of hydrogen-bond acceptors (Lipinski definition) is 8. The van der Waals surface area contributed by atoms with E-state index in [4.69, 9.17) is 10.2 Å². The fourth-order valence-corrected chi connectivity index (χ4v) is 3.46. The molecular formula is C15H29N3O7. The highest BCUT2D eigenvalue weighted by molar-refractivity contribution is 5.67. The molecule has 10 nitrogen and oxygen atoms in total. The molecular weight excluding hydrogens is 334 g/mol. The molecule has 1 saturated carbocycles. The zero-order valence-electron chi connectivity index (χ0n) is 14.7. The molecule has 6 atom stereocenters. The lowest BCUT2D eigenvalue weighted by Crippen LogP contribution is -2.73. The summed E-state index contributed by atoms with van der Waals surface area (Å²) in [5.41, 5.74) is 0. The quantitative estimate of drug-likeness (QED) is 0.253. The van der Waals surface area contributed by atoms with Crippen molar-refractivity contribution < 1.29 is 35.1 Å². The summed E-state index contributed by atoms with van der Waals surface area (Å²) in [4.78, 5) is 24.7. The highest BCUT2D eigenvalue weighted by Gasteiger charge is 2.51. The Morgan fingerprint density at radius 3 is 1.48 bits per heavy atom. The van der Waals surface area contributed by atoms with Crippen molar-refractivity contribution in [3.05, 3.63) is 0 Å². The van der Waals surface area contributed by atoms with Crippen molar-refractivity contribution >= 4 is 11.9 Å². The van der Waals surface area contributed by atoms with Crippen LogP contribution in [0.15, 0.2) is 0 Å². The average Bonchev–Trinajstić information content (AvgIpc) is 2.51. The first-order chi connectivity index (χ1) is 11.6. The molecule has 10 heteroatoms. The number of aliphatic hydroxyl groups excluding tert-OH is 3. The number of hydrogen-bond donors (Lipinski definition) is 6. The molecule has 0 heterocycles. The van der Waals surface area contributed by atoms with Gasteiger partial charge in [-0.15, -0.1) is 0 Å². The average molecular weight is 363 g/mol. The van der Waals surface area contributed by atoms with Crippen molar-refractivity contribution in [2.45, 2.75) is 49.3 Å². The Hall–Kier alpha value is -1.30. The smallest absolute Gasteiger partial charge is 0.304 e. The van der Waals surface area contributed by atoms with E-state index in [2.05, 4.69) is 5.32 Å². The van der Waals surface area contributed by atoms with Gasteiger partial charge in [0.2, 0.25) is 0 Å². The van der Waals surface area contributed by atoms with Crippen molar-refractivity contribution in [1.82, 2.24) is 15.1 Å². The summed E-state index contributed by atoms with van der Waals surface area (Å²) in [6, 6.07) is -2.37. The summed E-state index contributed by atoms with van der Waals surface area (Å²) < 4.78 is 0. The fourth-order valence-electron chi connectivity index (χ4n) is 3.46. The van der Waals surface area contributed by atoms with Crippen molar-refractivity contribution in [2.75, 3.05) is 34.2 Å². The largest absolute Gasteiger partial charge is 0.481 e. The first kappa shape index (κ1) is 21.7. The molecule has 6 N–H and O–H groups in total. The van der Waals surface area contributed by atoms with Gasteiger partial charge in [-0.1, -0.05) is 0 Å². The Morgan fingerprint density at radius 2 is 1.20 bits per heavy atom. The SMILES string of the molecule is CNC1[C@@H](O)[C@@H](N(C)CCC(=O)O)C(O)[C@@H](N(C)CCC(=O)O)[C@H]1O. The number of likely N-dealkylation sites (N-methyl/N-ethyl adjacent to an activating group) is 3. The van der Waals surface area contributed by atoms with Crippen molar-refractivity contribution in [3.8, 4) is 0 Å². The molecule has 0 aromatic rings. The molecule has 1 aliphatic rings. The van der Waals surface area contributed by atoms with Gasteiger partial charge in [-0.25, -0.2) is 0 Å². The summed E-state index contributed by atoms with van der Waals surface area (Å²) in [5, 5.41) is 52.3. The van der Waals surface area contributed by atoms with Gasteiger partial charge < -0.3 is 30.8 Å². The number of nitrogens with zero attached hydrogens (tertiary/aromatic N) is 2. The van der Waals surface area contributed by atoms with Crippen LogP contribution in [0.3, 0.4) is 0 Å². The molecule has 0 spiro atoms. The molecule has 0 aromatic carbocycles. The van der Waals surface area contributed by atoms with Crippen molar-refractivity contribution in [3.63, 3.8) is 0 Å². The fraction of sp³-hybridized carbons (Fsp3) is 0.867. The van der Waals surface area contributed by atoms with Gasteiger partial charge in [-0.2, -0.15) is 0 Å². The van der Waals surface area contributed by atoms with E-state index in [9.17, 15) is 24.9 Å². The van der Waals surface area contributed by atoms with Crippen LogP contribution in [0, 0.1) is 0 Å². The molecule has 0 bridgehead atoms. The molecule has 0 aromatic heterocycles. The lowest BCUT2D eigenvalue weighted by molar-refractivity contribution is -0.153. The first-order valence-electron chi connectivity index (χ1n) is 8.17. The molecule has 0 amide bonds. The normalized spacial score (nSPS) is 33.0. The maximum Gasteiger partial charge on any atom is 0.304 e. The van der Waals surface area contributed by atoms with Crippen molar-refractivity contribution in [2.24, 2.45) is 0 Å². The molecule has 146 valence electrons. The van der Waals surface area contributed by atoms with Gasteiger partial charge in [-0.05, 0) is 21.1 Å². The van der Waals surface area contributed by atoms with E-state index in [1.807, 2.05) is 0 Å². The summed E-state index contributed by atoms with van der Waals surface area (Å²) in [7, 11) is 4.76. The Labute approximate surface area is 146 Å². The Bertz CT molecular complexity index is 426. The summed E-state index contributed by atoms with van der Waals surface area (Å²) in [6.45, 7) is 0.235. The van der Waals surface area contributed by atoms with Gasteiger partial charge in [0, 0.05) is 13.1 Å². The third-order valence-corrected chi connectivity index (χ3v) is 4.84. The third kappa shape index (κ3) is 5.33. The lowest BCUT2D eigenvalue weighted by Gasteiger charge is -2.51. The summed E-state index contributed by atoms with van der Waals surface area (Å²) >= 11 is 0. The second-order valence-electron chi connectivity index (χ2n) is 6.52. The van der Waals surface area contributed by atoms with Crippen LogP contribution < -0.4 is 5.32 Å². The predicted octanol–water partition coefficient (Wildman–Crippen LogP) is -2.78. The third-order valence-electron chi connectivity index (χ3n) is 4.84. The highest BCUT2D eigenvalue weighted by atomic mass is 16.4. The van der Waals surface area contributed by atoms with Crippen LogP contribution in [-0.4, -0.2) is 118 Å². The number of carboxylic acid groups (broad SMARTS) is 2. The predicted molar refractivity (Wildman–Crippen MR) is 88.2 cm³/mol. The van der Waals surface area contributed by atoms with Crippen LogP contribution in [-0.2, 0) is 9.59 Å². The van der Waals surface area contributed by atoms with Crippen LogP contribution in [0.2, 0.25) is 0 Å². The molecule has 0 saturated heterocycles. The monoisotopic (exact) mass is 363 g/mol. The second kappa shape index (κ2) is 9.41. The maximum atomic E-state index is 10.8. The van der Waals surface area contributed by atoms with Gasteiger partial charge in [0.25, 0.3) is 0 Å². The van der Waals surface area contributed by atoms with E-state index in [0.717, 1.165) is 0 Å². The van der Waals surface area contributed by atoms with Crippen LogP contribution in [0.1, 0.15) is 12.8 Å². The molecule has 0 radical (unpaired) electrons. The van der Waals surface area contributed by atoms with Gasteiger partial charge in [0.05, 0.1) is 49.3 Å². The van der Waals surface area contributed by atoms with Crippen LogP contribution in [0.4, 0.5) is 0 Å². The van der Waals surface area contributed by atoms with E-state index in [1.54, 1.807) is 30.9 Å². The Morgan fingerprint density at radius 1 is 0.840 bits per heavy atom. The first-order valence-corrected chi connectivity index (χ1v) is 8.17. The minimum atomic E-state index is -1.19. The van der Waals surface area contributed by atoms with Crippen LogP contribution >= 0.6 is 0 Å². The number of carboxylic acids is 2. The molecule has 2 unspecified atom stereocenters. The number of carbonyl (C=O) groups is 2. The van der Waals surface area contributed by atoms with Crippen LogP contribution in [0.25, 0.3) is 0 Å². The Balaban J connectivity index is 2.99. The second-order valence-corrected chi connectivity index (χ2v) is 6.52. The number of nitrogens with one attached hydrogen (secondary N) is 1. The molecule has 1 aliphatic carbocycles. The highest BCUT2D eigenvalue weighted by Crippen LogP contribution is 2.28. The number of aliphatic hydroxyl groups is 3. The maximum absolute atomic E-state index is 10.8. The lowest BCUT2D eigenvalue weighted by atomic mass is 9.78. The van der Waals surface area contributed by atoms with Gasteiger partial charge in [0.15, 0.2) is 0 Å². The van der Waals surface area contributed by atoms with Gasteiger partial charge >= 0.3 is 11.9 Å². The standard InChI is InChI=1S/C15H29N3O7/c1-16-10-13(23)11(17(2)6-4-8(19)20)15(25)12(14(10)24)18(3)7-5-9(21)22/h10-16,23-25H,4-7H2,1-3H3,(H,19,20)(H,21,22)/t10?,11-,12+,13-,14+,15?.